The van der Waals surface area contributed by atoms with Crippen molar-refractivity contribution in [1.29, 1.82) is 0 Å². The van der Waals surface area contributed by atoms with E-state index in [9.17, 15) is 9.18 Å². The van der Waals surface area contributed by atoms with Crippen molar-refractivity contribution in [3.63, 3.8) is 0 Å². The van der Waals surface area contributed by atoms with Crippen LogP contribution in [-0.2, 0) is 0 Å². The summed E-state index contributed by atoms with van der Waals surface area (Å²) < 4.78 is 13.9. The summed E-state index contributed by atoms with van der Waals surface area (Å²) in [6.07, 6.45) is 4.49. The highest BCUT2D eigenvalue weighted by atomic mass is 19.1. The van der Waals surface area contributed by atoms with Crippen molar-refractivity contribution in [2.45, 2.75) is 32.6 Å². The molecule has 0 saturated heterocycles. The number of benzene rings is 1. The molecule has 1 saturated carbocycles. The van der Waals surface area contributed by atoms with Crippen LogP contribution in [0.4, 0.5) is 4.39 Å². The zero-order chi connectivity index (χ0) is 15.3. The molecule has 0 aliphatic heterocycles. The molecule has 4 heteroatoms. The third kappa shape index (κ3) is 3.62. The third-order valence-electron chi connectivity index (χ3n) is 4.31. The van der Waals surface area contributed by atoms with Crippen LogP contribution in [0.15, 0.2) is 18.2 Å². The minimum atomic E-state index is -0.587. The highest BCUT2D eigenvalue weighted by molar-refractivity contribution is 5.94. The highest BCUT2D eigenvalue weighted by Crippen LogP contribution is 2.43. The molecule has 3 nitrogen and oxygen atoms in total. The number of carbonyl (C=O) groups is 1. The number of carbonyl (C=O) groups excluding carboxylic acids is 1. The third-order valence-corrected chi connectivity index (χ3v) is 4.31. The monoisotopic (exact) mass is 289 g/mol. The first-order valence-corrected chi connectivity index (χ1v) is 7.28. The van der Waals surface area contributed by atoms with Crippen molar-refractivity contribution in [2.75, 3.05) is 13.2 Å². The Morgan fingerprint density at radius 1 is 1.48 bits per heavy atom. The van der Waals surface area contributed by atoms with E-state index in [0.29, 0.717) is 12.1 Å². The summed E-state index contributed by atoms with van der Waals surface area (Å²) in [5.74, 6) is 4.09. The average Bonchev–Trinajstić information content (AvgIpc) is 2.44. The summed E-state index contributed by atoms with van der Waals surface area (Å²) in [5.41, 5.74) is 0.691. The van der Waals surface area contributed by atoms with Crippen molar-refractivity contribution in [1.82, 2.24) is 5.32 Å². The van der Waals surface area contributed by atoms with Gasteiger partial charge in [-0.1, -0.05) is 25.2 Å². The SMILES string of the molecule is CCC1(CNC(=O)c2ccc(C#CCO)cc2F)CCC1. The number of hydrogen-bond donors (Lipinski definition) is 2. The van der Waals surface area contributed by atoms with Gasteiger partial charge in [0.15, 0.2) is 0 Å². The fourth-order valence-electron chi connectivity index (χ4n) is 2.61. The minimum Gasteiger partial charge on any atom is -0.384 e. The molecule has 1 aliphatic carbocycles. The zero-order valence-electron chi connectivity index (χ0n) is 12.2. The average molecular weight is 289 g/mol. The lowest BCUT2D eigenvalue weighted by atomic mass is 9.67. The largest absolute Gasteiger partial charge is 0.384 e. The number of hydrogen-bond acceptors (Lipinski definition) is 2. The Morgan fingerprint density at radius 3 is 2.76 bits per heavy atom. The lowest BCUT2D eigenvalue weighted by molar-refractivity contribution is 0.0846. The molecule has 0 atom stereocenters. The van der Waals surface area contributed by atoms with E-state index < -0.39 is 5.82 Å². The van der Waals surface area contributed by atoms with E-state index in [1.807, 2.05) is 0 Å². The number of rotatable bonds is 4. The minimum absolute atomic E-state index is 0.0372. The molecule has 0 aromatic heterocycles. The fourth-order valence-corrected chi connectivity index (χ4v) is 2.61. The van der Waals surface area contributed by atoms with Crippen molar-refractivity contribution in [2.24, 2.45) is 5.41 Å². The normalized spacial score (nSPS) is 15.6. The van der Waals surface area contributed by atoms with E-state index in [2.05, 4.69) is 24.1 Å². The van der Waals surface area contributed by atoms with Gasteiger partial charge < -0.3 is 10.4 Å². The van der Waals surface area contributed by atoms with Crippen LogP contribution in [-0.4, -0.2) is 24.2 Å². The molecule has 112 valence electrons. The van der Waals surface area contributed by atoms with Gasteiger partial charge in [-0.25, -0.2) is 4.39 Å². The highest BCUT2D eigenvalue weighted by Gasteiger charge is 2.35. The van der Waals surface area contributed by atoms with E-state index in [-0.39, 0.29) is 23.5 Å². The first kappa shape index (κ1) is 15.5. The zero-order valence-corrected chi connectivity index (χ0v) is 12.2. The maximum Gasteiger partial charge on any atom is 0.254 e. The lowest BCUT2D eigenvalue weighted by Gasteiger charge is -2.41. The van der Waals surface area contributed by atoms with Crippen molar-refractivity contribution in [3.8, 4) is 11.8 Å². The van der Waals surface area contributed by atoms with Crippen LogP contribution >= 0.6 is 0 Å². The molecule has 0 radical (unpaired) electrons. The van der Waals surface area contributed by atoms with Crippen molar-refractivity contribution in [3.05, 3.63) is 35.1 Å². The van der Waals surface area contributed by atoms with Crippen LogP contribution in [0.25, 0.3) is 0 Å². The summed E-state index contributed by atoms with van der Waals surface area (Å²) in [7, 11) is 0. The van der Waals surface area contributed by atoms with Crippen LogP contribution in [0.3, 0.4) is 0 Å². The van der Waals surface area contributed by atoms with Crippen LogP contribution in [0.1, 0.15) is 48.5 Å². The van der Waals surface area contributed by atoms with Gasteiger partial charge in [0.2, 0.25) is 0 Å². The predicted molar refractivity (Wildman–Crippen MR) is 79.3 cm³/mol. The molecule has 0 bridgehead atoms. The Labute approximate surface area is 124 Å². The standard InChI is InChI=1S/C17H20FNO2/c1-2-17(8-4-9-17)12-19-16(21)14-7-6-13(5-3-10-20)11-15(14)18/h6-7,11,20H,2,4,8-10,12H2,1H3,(H,19,21). The molecule has 1 aromatic carbocycles. The van der Waals surface area contributed by atoms with E-state index in [0.717, 1.165) is 19.3 Å². The van der Waals surface area contributed by atoms with E-state index in [1.54, 1.807) is 6.07 Å². The van der Waals surface area contributed by atoms with Gasteiger partial charge in [0.25, 0.3) is 5.91 Å². The van der Waals surface area contributed by atoms with Crippen LogP contribution in [0.5, 0.6) is 0 Å². The van der Waals surface area contributed by atoms with Crippen molar-refractivity contribution >= 4 is 5.91 Å². The summed E-state index contributed by atoms with van der Waals surface area (Å²) in [6.45, 7) is 2.46. The smallest absolute Gasteiger partial charge is 0.254 e. The number of aliphatic hydroxyl groups is 1. The lowest BCUT2D eigenvalue weighted by Crippen LogP contribution is -2.41. The van der Waals surface area contributed by atoms with Gasteiger partial charge in [-0.3, -0.25) is 4.79 Å². The molecule has 1 fully saturated rings. The fraction of sp³-hybridized carbons (Fsp3) is 0.471. The molecule has 0 spiro atoms. The molecule has 1 aromatic rings. The maximum absolute atomic E-state index is 13.9. The predicted octanol–water partition coefficient (Wildman–Crippen LogP) is 2.48. The Balaban J connectivity index is 2.02. The maximum atomic E-state index is 13.9. The molecule has 2 rings (SSSR count). The first-order valence-electron chi connectivity index (χ1n) is 7.28. The second kappa shape index (κ2) is 6.73. The van der Waals surface area contributed by atoms with Gasteiger partial charge in [-0.05, 0) is 42.9 Å². The van der Waals surface area contributed by atoms with Crippen LogP contribution < -0.4 is 5.32 Å². The van der Waals surface area contributed by atoms with Crippen molar-refractivity contribution < 1.29 is 14.3 Å². The first-order chi connectivity index (χ1) is 10.1. The van der Waals surface area contributed by atoms with Gasteiger partial charge in [0.05, 0.1) is 5.56 Å². The van der Waals surface area contributed by atoms with Gasteiger partial charge >= 0.3 is 0 Å². The molecule has 0 heterocycles. The molecule has 21 heavy (non-hydrogen) atoms. The molecular weight excluding hydrogens is 269 g/mol. The van der Waals surface area contributed by atoms with Gasteiger partial charge in [-0.2, -0.15) is 0 Å². The molecule has 1 amide bonds. The number of amides is 1. The van der Waals surface area contributed by atoms with Crippen LogP contribution in [0.2, 0.25) is 0 Å². The summed E-state index contributed by atoms with van der Waals surface area (Å²) in [4.78, 5) is 12.1. The topological polar surface area (TPSA) is 49.3 Å². The summed E-state index contributed by atoms with van der Waals surface area (Å²) in [6, 6.07) is 4.24. The Kier molecular flexibility index (Phi) is 4.98. The molecule has 0 unspecified atom stereocenters. The second-order valence-corrected chi connectivity index (χ2v) is 5.54. The quantitative estimate of drug-likeness (QED) is 0.837. The van der Waals surface area contributed by atoms with Gasteiger partial charge in [0, 0.05) is 12.1 Å². The number of halogens is 1. The Bertz CT molecular complexity index is 577. The molecule has 1 aliphatic rings. The van der Waals surface area contributed by atoms with E-state index in [1.165, 1.54) is 18.6 Å². The van der Waals surface area contributed by atoms with E-state index in [4.69, 9.17) is 5.11 Å². The van der Waals surface area contributed by atoms with Gasteiger partial charge in [0.1, 0.15) is 12.4 Å². The Morgan fingerprint density at radius 2 is 2.24 bits per heavy atom. The number of nitrogens with one attached hydrogen (secondary N) is 1. The van der Waals surface area contributed by atoms with Gasteiger partial charge in [-0.15, -0.1) is 0 Å². The summed E-state index contributed by atoms with van der Waals surface area (Å²) in [5, 5.41) is 11.4. The van der Waals surface area contributed by atoms with E-state index >= 15 is 0 Å². The van der Waals surface area contributed by atoms with Crippen LogP contribution in [0, 0.1) is 23.1 Å². The second-order valence-electron chi connectivity index (χ2n) is 5.54. The Hall–Kier alpha value is -1.86. The number of aliphatic hydroxyl groups excluding tert-OH is 1. The summed E-state index contributed by atoms with van der Waals surface area (Å²) >= 11 is 0. The molecule has 2 N–H and O–H groups in total. The molecular formula is C17H20FNO2.